The highest BCUT2D eigenvalue weighted by atomic mass is 32.2. The maximum absolute atomic E-state index is 13.3. The molecular weight excluding hydrogens is 358 g/mol. The fourth-order valence-corrected chi connectivity index (χ4v) is 3.76. The molecule has 1 aliphatic heterocycles. The SMILES string of the molecule is CCN=C1NN=C(c2c(-c3ccccc3)[nH]n(-c3ccccc3)c2=O)CS1. The van der Waals surface area contributed by atoms with Crippen molar-refractivity contribution in [2.45, 2.75) is 6.92 Å². The summed E-state index contributed by atoms with van der Waals surface area (Å²) in [6, 6.07) is 19.4. The minimum absolute atomic E-state index is 0.114. The molecule has 3 aromatic rings. The molecule has 0 radical (unpaired) electrons. The second kappa shape index (κ2) is 7.67. The second-order valence-electron chi connectivity index (χ2n) is 5.94. The molecule has 0 amide bonds. The van der Waals surface area contributed by atoms with E-state index < -0.39 is 0 Å². The Labute approximate surface area is 161 Å². The van der Waals surface area contributed by atoms with Crippen molar-refractivity contribution < 1.29 is 0 Å². The lowest BCUT2D eigenvalue weighted by Crippen LogP contribution is -2.29. The molecule has 0 bridgehead atoms. The van der Waals surface area contributed by atoms with E-state index in [9.17, 15) is 4.79 Å². The molecule has 4 rings (SSSR count). The minimum atomic E-state index is -0.114. The number of hydrogen-bond acceptors (Lipinski definition) is 4. The summed E-state index contributed by atoms with van der Waals surface area (Å²) in [5.74, 6) is 0.591. The number of amidine groups is 1. The molecule has 0 unspecified atom stereocenters. The fraction of sp³-hybridized carbons (Fsp3) is 0.150. The number of thioether (sulfide) groups is 1. The maximum atomic E-state index is 13.3. The minimum Gasteiger partial charge on any atom is -0.290 e. The number of hydrazone groups is 1. The topological polar surface area (TPSA) is 74.5 Å². The lowest BCUT2D eigenvalue weighted by molar-refractivity contribution is 0.852. The van der Waals surface area contributed by atoms with Crippen molar-refractivity contribution in [3.63, 3.8) is 0 Å². The van der Waals surface area contributed by atoms with Gasteiger partial charge in [-0.3, -0.25) is 20.3 Å². The first-order valence-electron chi connectivity index (χ1n) is 8.74. The normalized spacial score (nSPS) is 15.4. The number of rotatable bonds is 4. The Morgan fingerprint density at radius 2 is 1.81 bits per heavy atom. The summed E-state index contributed by atoms with van der Waals surface area (Å²) >= 11 is 1.55. The van der Waals surface area contributed by atoms with Crippen LogP contribution in [0.4, 0.5) is 0 Å². The largest absolute Gasteiger partial charge is 0.290 e. The van der Waals surface area contributed by atoms with Gasteiger partial charge in [0.15, 0.2) is 5.17 Å². The summed E-state index contributed by atoms with van der Waals surface area (Å²) in [6.07, 6.45) is 0. The van der Waals surface area contributed by atoms with Crippen molar-refractivity contribution in [1.29, 1.82) is 0 Å². The Morgan fingerprint density at radius 3 is 2.44 bits per heavy atom. The number of hydrogen-bond donors (Lipinski definition) is 2. The van der Waals surface area contributed by atoms with Gasteiger partial charge in [-0.05, 0) is 19.1 Å². The van der Waals surface area contributed by atoms with Gasteiger partial charge in [-0.2, -0.15) is 5.10 Å². The van der Waals surface area contributed by atoms with E-state index in [2.05, 4.69) is 20.6 Å². The summed E-state index contributed by atoms with van der Waals surface area (Å²) in [4.78, 5) is 17.6. The van der Waals surface area contributed by atoms with Crippen molar-refractivity contribution >= 4 is 22.6 Å². The van der Waals surface area contributed by atoms with Gasteiger partial charge in [0, 0.05) is 17.9 Å². The maximum Gasteiger partial charge on any atom is 0.281 e. The molecular formula is C20H19N5OS. The van der Waals surface area contributed by atoms with Crippen LogP contribution in [0.15, 0.2) is 75.6 Å². The number of para-hydroxylation sites is 1. The van der Waals surface area contributed by atoms with Crippen molar-refractivity contribution in [3.8, 4) is 16.9 Å². The lowest BCUT2D eigenvalue weighted by Gasteiger charge is -2.14. The first-order valence-corrected chi connectivity index (χ1v) is 9.72. The quantitative estimate of drug-likeness (QED) is 0.733. The molecule has 0 aliphatic carbocycles. The molecule has 2 heterocycles. The van der Waals surface area contributed by atoms with Crippen molar-refractivity contribution in [3.05, 3.63) is 76.6 Å². The Bertz CT molecular complexity index is 1050. The van der Waals surface area contributed by atoms with E-state index >= 15 is 0 Å². The van der Waals surface area contributed by atoms with Crippen molar-refractivity contribution in [1.82, 2.24) is 15.2 Å². The van der Waals surface area contributed by atoms with E-state index in [0.717, 1.165) is 22.1 Å². The van der Waals surface area contributed by atoms with E-state index in [1.807, 2.05) is 67.6 Å². The monoisotopic (exact) mass is 377 g/mol. The highest BCUT2D eigenvalue weighted by molar-refractivity contribution is 8.14. The van der Waals surface area contributed by atoms with Gasteiger partial charge in [0.25, 0.3) is 5.56 Å². The van der Waals surface area contributed by atoms with Crippen LogP contribution in [0.2, 0.25) is 0 Å². The van der Waals surface area contributed by atoms with Crippen LogP contribution in [0, 0.1) is 0 Å². The zero-order valence-corrected chi connectivity index (χ0v) is 15.7. The molecule has 0 fully saturated rings. The van der Waals surface area contributed by atoms with E-state index in [1.54, 1.807) is 16.4 Å². The van der Waals surface area contributed by atoms with E-state index in [4.69, 9.17) is 0 Å². The molecule has 1 aromatic heterocycles. The van der Waals surface area contributed by atoms with E-state index in [1.165, 1.54) is 0 Å². The molecule has 136 valence electrons. The first-order chi connectivity index (χ1) is 13.3. The summed E-state index contributed by atoms with van der Waals surface area (Å²) in [5.41, 5.74) is 6.64. The lowest BCUT2D eigenvalue weighted by atomic mass is 10.1. The zero-order chi connectivity index (χ0) is 18.6. The van der Waals surface area contributed by atoms with E-state index in [0.29, 0.717) is 23.6 Å². The highest BCUT2D eigenvalue weighted by Gasteiger charge is 2.24. The van der Waals surface area contributed by atoms with Gasteiger partial charge in [0.05, 0.1) is 22.7 Å². The van der Waals surface area contributed by atoms with Crippen LogP contribution in [-0.2, 0) is 0 Å². The van der Waals surface area contributed by atoms with Crippen LogP contribution in [0.3, 0.4) is 0 Å². The number of H-pyrrole nitrogens is 1. The van der Waals surface area contributed by atoms with Gasteiger partial charge >= 0.3 is 0 Å². The predicted molar refractivity (Wildman–Crippen MR) is 112 cm³/mol. The Morgan fingerprint density at radius 1 is 1.11 bits per heavy atom. The van der Waals surface area contributed by atoms with Gasteiger partial charge < -0.3 is 0 Å². The van der Waals surface area contributed by atoms with Crippen LogP contribution in [0.5, 0.6) is 0 Å². The van der Waals surface area contributed by atoms with Gasteiger partial charge in [0.2, 0.25) is 0 Å². The summed E-state index contributed by atoms with van der Waals surface area (Å²) in [6.45, 7) is 2.67. The number of aromatic nitrogens is 2. The van der Waals surface area contributed by atoms with Crippen LogP contribution in [0.1, 0.15) is 12.5 Å². The van der Waals surface area contributed by atoms with Gasteiger partial charge in [-0.1, -0.05) is 60.3 Å². The first kappa shape index (κ1) is 17.4. The Kier molecular flexibility index (Phi) is 4.93. The molecule has 7 heteroatoms. The van der Waals surface area contributed by atoms with Crippen LogP contribution < -0.4 is 11.0 Å². The van der Waals surface area contributed by atoms with E-state index in [-0.39, 0.29) is 5.56 Å². The molecule has 6 nitrogen and oxygen atoms in total. The number of benzene rings is 2. The Balaban J connectivity index is 1.86. The molecule has 0 spiro atoms. The van der Waals surface area contributed by atoms with Crippen LogP contribution in [0.25, 0.3) is 16.9 Å². The number of nitrogens with one attached hydrogen (secondary N) is 2. The summed E-state index contributed by atoms with van der Waals surface area (Å²) < 4.78 is 1.57. The number of aromatic amines is 1. The average molecular weight is 377 g/mol. The number of aliphatic imine (C=N–C) groups is 1. The highest BCUT2D eigenvalue weighted by Crippen LogP contribution is 2.23. The van der Waals surface area contributed by atoms with Crippen LogP contribution >= 0.6 is 11.8 Å². The average Bonchev–Trinajstić information content (AvgIpc) is 3.07. The third-order valence-electron chi connectivity index (χ3n) is 4.19. The molecule has 2 aromatic carbocycles. The molecule has 0 atom stereocenters. The molecule has 1 aliphatic rings. The smallest absolute Gasteiger partial charge is 0.281 e. The molecule has 27 heavy (non-hydrogen) atoms. The van der Waals surface area contributed by atoms with Crippen LogP contribution in [-0.4, -0.2) is 33.0 Å². The second-order valence-corrected chi connectivity index (χ2v) is 6.91. The third kappa shape index (κ3) is 3.46. The van der Waals surface area contributed by atoms with Gasteiger partial charge in [-0.25, -0.2) is 4.68 Å². The zero-order valence-electron chi connectivity index (χ0n) is 14.8. The molecule has 0 saturated heterocycles. The molecule has 2 N–H and O–H groups in total. The van der Waals surface area contributed by atoms with Gasteiger partial charge in [0.1, 0.15) is 0 Å². The number of nitrogens with zero attached hydrogens (tertiary/aromatic N) is 3. The van der Waals surface area contributed by atoms with Crippen molar-refractivity contribution in [2.24, 2.45) is 10.1 Å². The Hall–Kier alpha value is -3.06. The standard InChI is InChI=1S/C20H19N5OS/c1-2-21-20-23-22-16(13-27-20)17-18(14-9-5-3-6-10-14)24-25(19(17)26)15-11-7-4-8-12-15/h3-12,24H,2,13H2,1H3,(H,21,23). The summed E-state index contributed by atoms with van der Waals surface area (Å²) in [7, 11) is 0. The van der Waals surface area contributed by atoms with Crippen molar-refractivity contribution in [2.75, 3.05) is 12.3 Å². The fourth-order valence-electron chi connectivity index (χ4n) is 2.95. The predicted octanol–water partition coefficient (Wildman–Crippen LogP) is 3.25. The third-order valence-corrected chi connectivity index (χ3v) is 5.10. The molecule has 0 saturated carbocycles. The van der Waals surface area contributed by atoms with Gasteiger partial charge in [-0.15, -0.1) is 0 Å². The summed E-state index contributed by atoms with van der Waals surface area (Å²) in [5, 5.41) is 8.49.